The minimum atomic E-state index is -0.551. The van der Waals surface area contributed by atoms with Crippen LogP contribution in [0.25, 0.3) is 0 Å². The smallest absolute Gasteiger partial charge is 0.236 e. The van der Waals surface area contributed by atoms with Crippen LogP contribution in [0.3, 0.4) is 0 Å². The van der Waals surface area contributed by atoms with E-state index in [-0.39, 0.29) is 5.91 Å². The quantitative estimate of drug-likeness (QED) is 0.931. The minimum absolute atomic E-state index is 0.205. The topological polar surface area (TPSA) is 74.8 Å². The Kier molecular flexibility index (Phi) is 3.67. The average molecular weight is 331 g/mol. The summed E-state index contributed by atoms with van der Waals surface area (Å²) in [5, 5.41) is 16.6. The summed E-state index contributed by atoms with van der Waals surface area (Å²) in [6, 6.07) is 4.54. The first-order chi connectivity index (χ1) is 11.2. The van der Waals surface area contributed by atoms with E-state index in [0.29, 0.717) is 17.8 Å². The lowest BCUT2D eigenvalue weighted by atomic mass is 9.61. The summed E-state index contributed by atoms with van der Waals surface area (Å²) in [4.78, 5) is 16.8. The van der Waals surface area contributed by atoms with Gasteiger partial charge in [0, 0.05) is 23.9 Å². The molecule has 1 aliphatic heterocycles. The van der Waals surface area contributed by atoms with Gasteiger partial charge >= 0.3 is 0 Å². The number of nitrogens with one attached hydrogen (secondary N) is 1. The van der Waals surface area contributed by atoms with Crippen LogP contribution >= 0.6 is 11.3 Å². The molecule has 0 unspecified atom stereocenters. The maximum atomic E-state index is 13.3. The van der Waals surface area contributed by atoms with Crippen molar-refractivity contribution in [2.24, 2.45) is 5.92 Å². The first kappa shape index (κ1) is 14.8. The summed E-state index contributed by atoms with van der Waals surface area (Å²) >= 11 is 1.77. The normalized spacial score (nSPS) is 30.4. The lowest BCUT2D eigenvalue weighted by molar-refractivity contribution is -0.144. The molecular weight excluding hydrogens is 310 g/mol. The van der Waals surface area contributed by atoms with Crippen molar-refractivity contribution in [3.05, 3.63) is 28.2 Å². The second kappa shape index (κ2) is 5.70. The van der Waals surface area contributed by atoms with Crippen LogP contribution in [0.4, 0.5) is 0 Å². The second-order valence-electron chi connectivity index (χ2n) is 6.91. The molecule has 7 heteroatoms. The number of H-pyrrole nitrogens is 1. The molecule has 4 rings (SSSR count). The monoisotopic (exact) mass is 331 g/mol. The van der Waals surface area contributed by atoms with Crippen LogP contribution in [0.5, 0.6) is 0 Å². The highest BCUT2D eigenvalue weighted by atomic mass is 32.1. The first-order valence-electron chi connectivity index (χ1n) is 8.26. The van der Waals surface area contributed by atoms with Crippen molar-refractivity contribution in [1.82, 2.24) is 25.5 Å². The molecule has 6 nitrogen and oxygen atoms in total. The Morgan fingerprint density at radius 1 is 1.52 bits per heavy atom. The number of likely N-dealkylation sites (tertiary alicyclic amines) is 1. The highest BCUT2D eigenvalue weighted by molar-refractivity contribution is 7.09. The van der Waals surface area contributed by atoms with Gasteiger partial charge < -0.3 is 4.90 Å². The number of hydrogen-bond acceptors (Lipinski definition) is 5. The van der Waals surface area contributed by atoms with Gasteiger partial charge in [0.25, 0.3) is 0 Å². The third kappa shape index (κ3) is 2.47. The predicted molar refractivity (Wildman–Crippen MR) is 87.0 cm³/mol. The van der Waals surface area contributed by atoms with E-state index in [4.69, 9.17) is 0 Å². The Balaban J connectivity index is 1.57. The van der Waals surface area contributed by atoms with Crippen LogP contribution in [0.2, 0.25) is 0 Å². The van der Waals surface area contributed by atoms with Gasteiger partial charge in [0.15, 0.2) is 5.82 Å². The number of amides is 1. The fourth-order valence-electron chi connectivity index (χ4n) is 4.20. The summed E-state index contributed by atoms with van der Waals surface area (Å²) in [5.74, 6) is 1.31. The van der Waals surface area contributed by atoms with Crippen LogP contribution in [0.15, 0.2) is 17.5 Å². The molecule has 0 bridgehead atoms. The molecule has 1 saturated carbocycles. The Bertz CT molecular complexity index is 663. The molecule has 2 aromatic rings. The Hall–Kier alpha value is -1.76. The molecule has 1 amide bonds. The van der Waals surface area contributed by atoms with Crippen molar-refractivity contribution in [2.45, 2.75) is 50.5 Å². The molecule has 1 atom stereocenters. The largest absolute Gasteiger partial charge is 0.338 e. The fourth-order valence-corrected chi connectivity index (χ4v) is 4.98. The van der Waals surface area contributed by atoms with Gasteiger partial charge in [-0.15, -0.1) is 21.5 Å². The van der Waals surface area contributed by atoms with Crippen molar-refractivity contribution >= 4 is 17.2 Å². The van der Waals surface area contributed by atoms with Gasteiger partial charge in [-0.2, -0.15) is 5.21 Å². The number of aromatic nitrogens is 4. The lowest BCUT2D eigenvalue weighted by Crippen LogP contribution is -2.55. The van der Waals surface area contributed by atoms with Gasteiger partial charge in [0.2, 0.25) is 5.91 Å². The zero-order valence-electron chi connectivity index (χ0n) is 13.2. The number of thiophene rings is 1. The molecule has 23 heavy (non-hydrogen) atoms. The Labute approximate surface area is 139 Å². The van der Waals surface area contributed by atoms with Gasteiger partial charge in [-0.3, -0.25) is 4.79 Å². The highest BCUT2D eigenvalue weighted by Crippen LogP contribution is 2.48. The Morgan fingerprint density at radius 2 is 2.39 bits per heavy atom. The van der Waals surface area contributed by atoms with E-state index in [9.17, 15) is 4.79 Å². The highest BCUT2D eigenvalue weighted by Gasteiger charge is 2.55. The van der Waals surface area contributed by atoms with Gasteiger partial charge in [0.05, 0.1) is 0 Å². The zero-order chi connectivity index (χ0) is 15.9. The van der Waals surface area contributed by atoms with E-state index in [1.165, 1.54) is 4.88 Å². The number of carbonyl (C=O) groups excluding carboxylic acids is 1. The van der Waals surface area contributed by atoms with Crippen molar-refractivity contribution in [3.8, 4) is 0 Å². The summed E-state index contributed by atoms with van der Waals surface area (Å²) in [5.41, 5.74) is -0.551. The van der Waals surface area contributed by atoms with Gasteiger partial charge in [-0.25, -0.2) is 0 Å². The van der Waals surface area contributed by atoms with E-state index in [1.54, 1.807) is 11.3 Å². The SMILES string of the molecule is CC1CC(C(=O)N2CCC[C@H]2Cc2cccs2)(c2nn[nH]n2)C1. The number of nitrogens with zero attached hydrogens (tertiary/aromatic N) is 4. The summed E-state index contributed by atoms with van der Waals surface area (Å²) in [7, 11) is 0. The summed E-state index contributed by atoms with van der Waals surface area (Å²) < 4.78 is 0. The minimum Gasteiger partial charge on any atom is -0.338 e. The molecule has 0 aromatic carbocycles. The maximum Gasteiger partial charge on any atom is 0.236 e. The molecule has 2 fully saturated rings. The van der Waals surface area contributed by atoms with Crippen molar-refractivity contribution < 1.29 is 4.79 Å². The maximum absolute atomic E-state index is 13.3. The molecule has 2 aromatic heterocycles. The predicted octanol–water partition coefficient (Wildman–Crippen LogP) is 2.16. The Morgan fingerprint density at radius 3 is 3.04 bits per heavy atom. The van der Waals surface area contributed by atoms with Crippen molar-refractivity contribution in [2.75, 3.05) is 6.54 Å². The molecule has 2 aliphatic rings. The van der Waals surface area contributed by atoms with Crippen LogP contribution in [0, 0.1) is 5.92 Å². The molecule has 3 heterocycles. The fraction of sp³-hybridized carbons (Fsp3) is 0.625. The number of hydrogen-bond donors (Lipinski definition) is 1. The molecule has 0 spiro atoms. The average Bonchev–Trinajstić information content (AvgIpc) is 3.25. The zero-order valence-corrected chi connectivity index (χ0v) is 14.1. The molecule has 1 saturated heterocycles. The summed E-state index contributed by atoms with van der Waals surface area (Å²) in [6.45, 7) is 3.03. The summed E-state index contributed by atoms with van der Waals surface area (Å²) in [6.07, 6.45) is 4.78. The van der Waals surface area contributed by atoms with E-state index in [2.05, 4.69) is 50.0 Å². The molecule has 1 aliphatic carbocycles. The van der Waals surface area contributed by atoms with E-state index < -0.39 is 5.41 Å². The van der Waals surface area contributed by atoms with E-state index in [1.807, 2.05) is 0 Å². The van der Waals surface area contributed by atoms with Crippen molar-refractivity contribution in [1.29, 1.82) is 0 Å². The first-order valence-corrected chi connectivity index (χ1v) is 9.14. The van der Waals surface area contributed by atoms with Crippen LogP contribution in [0.1, 0.15) is 43.3 Å². The number of carbonyl (C=O) groups is 1. The molecular formula is C16H21N5OS. The van der Waals surface area contributed by atoms with E-state index in [0.717, 1.165) is 38.6 Å². The van der Waals surface area contributed by atoms with Gasteiger partial charge in [-0.05, 0) is 43.0 Å². The van der Waals surface area contributed by atoms with Gasteiger partial charge in [-0.1, -0.05) is 18.2 Å². The molecule has 1 N–H and O–H groups in total. The van der Waals surface area contributed by atoms with Crippen LogP contribution < -0.4 is 0 Å². The lowest BCUT2D eigenvalue weighted by Gasteiger charge is -2.45. The number of rotatable bonds is 4. The second-order valence-corrected chi connectivity index (χ2v) is 7.94. The number of tetrazole rings is 1. The number of aromatic amines is 1. The molecule has 0 radical (unpaired) electrons. The van der Waals surface area contributed by atoms with Gasteiger partial charge in [0.1, 0.15) is 5.41 Å². The molecule has 122 valence electrons. The van der Waals surface area contributed by atoms with Crippen LogP contribution in [-0.2, 0) is 16.6 Å². The third-order valence-corrected chi connectivity index (χ3v) is 6.13. The standard InChI is InChI=1S/C16H21N5OS/c1-11-9-16(10-11,14-17-19-20-18-14)15(22)21-6-2-4-12(21)8-13-5-3-7-23-13/h3,5,7,11-12H,2,4,6,8-10H2,1H3,(H,17,18,19,20)/t11?,12-,16?/m0/s1. The van der Waals surface area contributed by atoms with Crippen molar-refractivity contribution in [3.63, 3.8) is 0 Å². The van der Waals surface area contributed by atoms with Crippen LogP contribution in [-0.4, -0.2) is 44.0 Å². The van der Waals surface area contributed by atoms with E-state index >= 15 is 0 Å². The third-order valence-electron chi connectivity index (χ3n) is 5.23.